The third kappa shape index (κ3) is 3.79. The standard InChI is InChI=1S/C21H25N5O3S/c1-15-20(16(2)26(23-15)19-7-12-30(28,29)14-19)24-8-10-25(11-9-24)21(27)18-5-3-17(13-22)4-6-18/h3-6,19H,7-12,14H2,1-2H3. The molecule has 0 saturated carbocycles. The van der Waals surface area contributed by atoms with Crippen LogP contribution in [0.25, 0.3) is 0 Å². The van der Waals surface area contributed by atoms with Gasteiger partial charge in [0.2, 0.25) is 0 Å². The maximum Gasteiger partial charge on any atom is 0.253 e. The van der Waals surface area contributed by atoms with Crippen LogP contribution in [-0.2, 0) is 9.84 Å². The number of nitriles is 1. The molecule has 2 aliphatic rings. The molecule has 1 aromatic heterocycles. The highest BCUT2D eigenvalue weighted by Gasteiger charge is 2.33. The molecule has 1 aromatic carbocycles. The summed E-state index contributed by atoms with van der Waals surface area (Å²) in [5.41, 5.74) is 4.05. The predicted octanol–water partition coefficient (Wildman–Crippen LogP) is 1.69. The molecule has 9 heteroatoms. The lowest BCUT2D eigenvalue weighted by atomic mass is 10.1. The Morgan fingerprint density at radius 2 is 1.80 bits per heavy atom. The second kappa shape index (κ2) is 7.76. The van der Waals surface area contributed by atoms with Gasteiger partial charge in [-0.2, -0.15) is 10.4 Å². The van der Waals surface area contributed by atoms with Crippen LogP contribution in [0.1, 0.15) is 39.8 Å². The van der Waals surface area contributed by atoms with E-state index in [9.17, 15) is 13.2 Å². The number of aromatic nitrogens is 2. The van der Waals surface area contributed by atoms with Crippen molar-refractivity contribution in [2.45, 2.75) is 26.3 Å². The fourth-order valence-electron chi connectivity index (χ4n) is 4.44. The molecule has 2 fully saturated rings. The van der Waals surface area contributed by atoms with Crippen LogP contribution in [0.15, 0.2) is 24.3 Å². The molecule has 4 rings (SSSR count). The number of hydrogen-bond donors (Lipinski definition) is 0. The Morgan fingerprint density at radius 1 is 1.13 bits per heavy atom. The maximum absolute atomic E-state index is 12.8. The number of hydrogen-bond acceptors (Lipinski definition) is 6. The Labute approximate surface area is 176 Å². The Balaban J connectivity index is 1.45. The summed E-state index contributed by atoms with van der Waals surface area (Å²) in [5, 5.41) is 13.6. The zero-order valence-electron chi connectivity index (χ0n) is 17.2. The zero-order chi connectivity index (χ0) is 21.5. The average molecular weight is 428 g/mol. The van der Waals surface area contributed by atoms with Gasteiger partial charge in [-0.15, -0.1) is 0 Å². The van der Waals surface area contributed by atoms with Gasteiger partial charge in [-0.3, -0.25) is 9.48 Å². The molecule has 0 radical (unpaired) electrons. The second-order valence-electron chi connectivity index (χ2n) is 7.99. The minimum atomic E-state index is -2.97. The number of amides is 1. The van der Waals surface area contributed by atoms with E-state index in [0.717, 1.165) is 17.1 Å². The van der Waals surface area contributed by atoms with E-state index in [1.54, 1.807) is 24.3 Å². The molecule has 2 aromatic rings. The highest BCUT2D eigenvalue weighted by atomic mass is 32.2. The Kier molecular flexibility index (Phi) is 5.28. The van der Waals surface area contributed by atoms with Crippen LogP contribution in [0.5, 0.6) is 0 Å². The summed E-state index contributed by atoms with van der Waals surface area (Å²) >= 11 is 0. The van der Waals surface area contributed by atoms with Crippen molar-refractivity contribution in [2.75, 3.05) is 42.6 Å². The smallest absolute Gasteiger partial charge is 0.253 e. The van der Waals surface area contributed by atoms with Crippen molar-refractivity contribution >= 4 is 21.4 Å². The van der Waals surface area contributed by atoms with E-state index in [0.29, 0.717) is 43.7 Å². The molecule has 0 N–H and O–H groups in total. The molecule has 3 heterocycles. The van der Waals surface area contributed by atoms with Crippen molar-refractivity contribution in [1.82, 2.24) is 14.7 Å². The summed E-state index contributed by atoms with van der Waals surface area (Å²) in [6.45, 7) is 6.53. The number of aryl methyl sites for hydroxylation is 1. The maximum atomic E-state index is 12.8. The minimum absolute atomic E-state index is 0.0283. The molecule has 1 amide bonds. The highest BCUT2D eigenvalue weighted by molar-refractivity contribution is 7.91. The molecule has 0 aliphatic carbocycles. The Bertz CT molecular complexity index is 1110. The van der Waals surface area contributed by atoms with E-state index in [2.05, 4.69) is 16.1 Å². The van der Waals surface area contributed by atoms with Crippen molar-refractivity contribution < 1.29 is 13.2 Å². The molecule has 2 saturated heterocycles. The fourth-order valence-corrected chi connectivity index (χ4v) is 6.13. The Morgan fingerprint density at radius 3 is 2.37 bits per heavy atom. The first-order valence-electron chi connectivity index (χ1n) is 10.1. The van der Waals surface area contributed by atoms with Gasteiger partial charge in [0.05, 0.1) is 46.3 Å². The SMILES string of the molecule is Cc1nn(C2CCS(=O)(=O)C2)c(C)c1N1CCN(C(=O)c2ccc(C#N)cc2)CC1. The van der Waals surface area contributed by atoms with Gasteiger partial charge in [-0.1, -0.05) is 0 Å². The number of piperazine rings is 1. The number of anilines is 1. The Hall–Kier alpha value is -2.86. The number of benzene rings is 1. The first kappa shape index (κ1) is 20.4. The summed E-state index contributed by atoms with van der Waals surface area (Å²) in [6.07, 6.45) is 0.608. The largest absolute Gasteiger partial charge is 0.365 e. The van der Waals surface area contributed by atoms with E-state index >= 15 is 0 Å². The third-order valence-corrected chi connectivity index (χ3v) is 7.74. The van der Waals surface area contributed by atoms with E-state index in [1.807, 2.05) is 23.4 Å². The molecular formula is C21H25N5O3S. The van der Waals surface area contributed by atoms with Gasteiger partial charge in [-0.25, -0.2) is 8.42 Å². The van der Waals surface area contributed by atoms with Crippen molar-refractivity contribution in [1.29, 1.82) is 5.26 Å². The topological polar surface area (TPSA) is 99.3 Å². The van der Waals surface area contributed by atoms with Crippen molar-refractivity contribution in [2.24, 2.45) is 0 Å². The predicted molar refractivity (Wildman–Crippen MR) is 113 cm³/mol. The lowest BCUT2D eigenvalue weighted by molar-refractivity contribution is 0.0746. The van der Waals surface area contributed by atoms with Crippen LogP contribution in [-0.4, -0.2) is 66.7 Å². The second-order valence-corrected chi connectivity index (χ2v) is 10.2. The summed E-state index contributed by atoms with van der Waals surface area (Å²) in [4.78, 5) is 16.8. The van der Waals surface area contributed by atoms with Gasteiger partial charge in [0.25, 0.3) is 5.91 Å². The first-order chi connectivity index (χ1) is 14.3. The van der Waals surface area contributed by atoms with E-state index < -0.39 is 9.84 Å². The molecule has 8 nitrogen and oxygen atoms in total. The number of nitrogens with zero attached hydrogens (tertiary/aromatic N) is 5. The van der Waals surface area contributed by atoms with E-state index in [-0.39, 0.29) is 23.5 Å². The molecule has 2 aliphatic heterocycles. The van der Waals surface area contributed by atoms with Crippen LogP contribution in [0, 0.1) is 25.2 Å². The monoisotopic (exact) mass is 427 g/mol. The number of sulfone groups is 1. The van der Waals surface area contributed by atoms with Gasteiger partial charge >= 0.3 is 0 Å². The van der Waals surface area contributed by atoms with Crippen LogP contribution < -0.4 is 4.90 Å². The number of carbonyl (C=O) groups is 1. The van der Waals surface area contributed by atoms with Crippen molar-refractivity contribution in [3.05, 3.63) is 46.8 Å². The van der Waals surface area contributed by atoms with Gasteiger partial charge < -0.3 is 9.80 Å². The lowest BCUT2D eigenvalue weighted by Gasteiger charge is -2.36. The quantitative estimate of drug-likeness (QED) is 0.739. The van der Waals surface area contributed by atoms with Crippen molar-refractivity contribution in [3.63, 3.8) is 0 Å². The van der Waals surface area contributed by atoms with Crippen LogP contribution in [0.3, 0.4) is 0 Å². The van der Waals surface area contributed by atoms with Gasteiger partial charge in [0, 0.05) is 31.7 Å². The normalized spacial score (nSPS) is 20.9. The van der Waals surface area contributed by atoms with Gasteiger partial charge in [0.15, 0.2) is 9.84 Å². The molecule has 0 spiro atoms. The highest BCUT2D eigenvalue weighted by Crippen LogP contribution is 2.31. The number of carbonyl (C=O) groups excluding carboxylic acids is 1. The zero-order valence-corrected chi connectivity index (χ0v) is 18.0. The molecular weight excluding hydrogens is 402 g/mol. The summed E-state index contributed by atoms with van der Waals surface area (Å²) in [6, 6.07) is 8.68. The molecule has 30 heavy (non-hydrogen) atoms. The van der Waals surface area contributed by atoms with Gasteiger partial charge in [-0.05, 0) is 44.5 Å². The fraction of sp³-hybridized carbons (Fsp3) is 0.476. The molecule has 1 unspecified atom stereocenters. The van der Waals surface area contributed by atoms with Crippen molar-refractivity contribution in [3.8, 4) is 6.07 Å². The summed E-state index contributed by atoms with van der Waals surface area (Å²) in [7, 11) is -2.97. The molecule has 1 atom stereocenters. The van der Waals surface area contributed by atoms with E-state index in [1.165, 1.54) is 0 Å². The third-order valence-electron chi connectivity index (χ3n) is 5.99. The van der Waals surface area contributed by atoms with Gasteiger partial charge in [0.1, 0.15) is 0 Å². The first-order valence-corrected chi connectivity index (χ1v) is 11.9. The minimum Gasteiger partial charge on any atom is -0.365 e. The average Bonchev–Trinajstić information content (AvgIpc) is 3.25. The lowest BCUT2D eigenvalue weighted by Crippen LogP contribution is -2.49. The van der Waals surface area contributed by atoms with Crippen LogP contribution >= 0.6 is 0 Å². The van der Waals surface area contributed by atoms with Crippen LogP contribution in [0.4, 0.5) is 5.69 Å². The van der Waals surface area contributed by atoms with Crippen LogP contribution in [0.2, 0.25) is 0 Å². The van der Waals surface area contributed by atoms with E-state index in [4.69, 9.17) is 5.26 Å². The molecule has 158 valence electrons. The number of rotatable bonds is 3. The summed E-state index contributed by atoms with van der Waals surface area (Å²) < 4.78 is 25.6. The summed E-state index contributed by atoms with van der Waals surface area (Å²) in [5.74, 6) is 0.349. The molecule has 0 bridgehead atoms.